The second-order valence-electron chi connectivity index (χ2n) is 5.95. The van der Waals surface area contributed by atoms with Crippen LogP contribution in [0, 0.1) is 0 Å². The zero-order chi connectivity index (χ0) is 19.4. The summed E-state index contributed by atoms with van der Waals surface area (Å²) in [4.78, 5) is 11.2. The zero-order valence-electron chi connectivity index (χ0n) is 14.6. The number of carboxylic acids is 1. The van der Waals surface area contributed by atoms with Crippen molar-refractivity contribution in [3.8, 4) is 11.5 Å². The van der Waals surface area contributed by atoms with Crippen LogP contribution >= 0.6 is 35.0 Å². The molecule has 2 aromatic carbocycles. The van der Waals surface area contributed by atoms with Gasteiger partial charge in [0.2, 0.25) is 0 Å². The van der Waals surface area contributed by atoms with Crippen LogP contribution < -0.4 is 14.8 Å². The van der Waals surface area contributed by atoms with Crippen molar-refractivity contribution in [2.45, 2.75) is 24.9 Å². The predicted molar refractivity (Wildman–Crippen MR) is 108 cm³/mol. The minimum Gasteiger partial charge on any atom is -0.490 e. The minimum absolute atomic E-state index is 0.159. The molecule has 0 radical (unpaired) electrons. The number of nitrogens with one attached hydrogen (secondary N) is 1. The monoisotopic (exact) mass is 427 g/mol. The van der Waals surface area contributed by atoms with Crippen molar-refractivity contribution in [3.63, 3.8) is 0 Å². The van der Waals surface area contributed by atoms with Crippen molar-refractivity contribution in [1.82, 2.24) is 5.32 Å². The molecule has 0 saturated carbocycles. The Morgan fingerprint density at radius 2 is 2.00 bits per heavy atom. The number of hydrogen-bond donors (Lipinski definition) is 2. The quantitative estimate of drug-likeness (QED) is 0.663. The number of halogens is 2. The summed E-state index contributed by atoms with van der Waals surface area (Å²) in [6, 6.07) is 10.4. The van der Waals surface area contributed by atoms with Crippen molar-refractivity contribution in [1.29, 1.82) is 0 Å². The van der Waals surface area contributed by atoms with Gasteiger partial charge in [-0.1, -0.05) is 35.3 Å². The summed E-state index contributed by atoms with van der Waals surface area (Å²) in [5.41, 5.74) is 1.82. The van der Waals surface area contributed by atoms with Crippen LogP contribution in [0.5, 0.6) is 11.5 Å². The first kappa shape index (κ1) is 20.1. The maximum absolute atomic E-state index is 11.2. The second-order valence-corrected chi connectivity index (χ2v) is 7.93. The molecule has 1 saturated heterocycles. The molecule has 8 heteroatoms. The van der Waals surface area contributed by atoms with Gasteiger partial charge in [-0.2, -0.15) is 0 Å². The van der Waals surface area contributed by atoms with E-state index in [0.29, 0.717) is 40.5 Å². The lowest BCUT2D eigenvalue weighted by Crippen LogP contribution is -2.33. The van der Waals surface area contributed by atoms with Crippen molar-refractivity contribution in [2.24, 2.45) is 0 Å². The molecule has 1 aliphatic heterocycles. The predicted octanol–water partition coefficient (Wildman–Crippen LogP) is 4.76. The van der Waals surface area contributed by atoms with Gasteiger partial charge in [0.25, 0.3) is 0 Å². The number of benzene rings is 2. The Balaban J connectivity index is 1.79. The lowest BCUT2D eigenvalue weighted by molar-refractivity contribution is -0.138. The molecule has 1 heterocycles. The molecule has 0 aliphatic carbocycles. The van der Waals surface area contributed by atoms with E-state index in [2.05, 4.69) is 5.32 Å². The molecular formula is C19H19Cl2NO4S. The third kappa shape index (κ3) is 5.02. The normalized spacial score (nSPS) is 19.1. The first-order chi connectivity index (χ1) is 13.0. The highest BCUT2D eigenvalue weighted by molar-refractivity contribution is 7.99. The fraction of sp³-hybridized carbons (Fsp3) is 0.316. The number of aliphatic carboxylic acids is 1. The third-order valence-electron chi connectivity index (χ3n) is 4.01. The average Bonchev–Trinajstić information content (AvgIpc) is 3.13. The smallest absolute Gasteiger partial charge is 0.321 e. The van der Waals surface area contributed by atoms with Crippen LogP contribution in [0.3, 0.4) is 0 Å². The Hall–Kier alpha value is -1.60. The molecule has 0 spiro atoms. The van der Waals surface area contributed by atoms with E-state index in [1.165, 1.54) is 11.8 Å². The van der Waals surface area contributed by atoms with E-state index >= 15 is 0 Å². The fourth-order valence-electron chi connectivity index (χ4n) is 2.68. The van der Waals surface area contributed by atoms with Gasteiger partial charge in [-0.05, 0) is 42.3 Å². The lowest BCUT2D eigenvalue weighted by atomic mass is 10.1. The van der Waals surface area contributed by atoms with E-state index < -0.39 is 12.0 Å². The van der Waals surface area contributed by atoms with Crippen molar-refractivity contribution in [3.05, 3.63) is 57.6 Å². The van der Waals surface area contributed by atoms with Gasteiger partial charge in [0.15, 0.2) is 11.5 Å². The molecule has 1 aliphatic rings. The van der Waals surface area contributed by atoms with Crippen LogP contribution in [0.25, 0.3) is 0 Å². The first-order valence-electron chi connectivity index (χ1n) is 8.42. The Bertz CT molecular complexity index is 816. The SMILES string of the molecule is CCOc1cc([C@H]2N[C@H](C(=O)O)CS2)cc(Cl)c1OCc1ccc(Cl)cc1. The molecule has 2 aromatic rings. The number of thioether (sulfide) groups is 1. The number of rotatable bonds is 7. The van der Waals surface area contributed by atoms with Crippen LogP contribution in [0.15, 0.2) is 36.4 Å². The van der Waals surface area contributed by atoms with Gasteiger partial charge in [0.05, 0.1) is 17.0 Å². The first-order valence-corrected chi connectivity index (χ1v) is 10.2. The summed E-state index contributed by atoms with van der Waals surface area (Å²) < 4.78 is 11.6. The van der Waals surface area contributed by atoms with E-state index in [-0.39, 0.29) is 5.37 Å². The van der Waals surface area contributed by atoms with Crippen molar-refractivity contribution >= 4 is 40.9 Å². The molecule has 1 fully saturated rings. The zero-order valence-corrected chi connectivity index (χ0v) is 16.9. The molecule has 2 atom stereocenters. The molecule has 3 rings (SSSR count). The summed E-state index contributed by atoms with van der Waals surface area (Å²) in [6.45, 7) is 2.67. The second kappa shape index (κ2) is 9.06. The molecular weight excluding hydrogens is 409 g/mol. The Kier molecular flexibility index (Phi) is 6.76. The van der Waals surface area contributed by atoms with E-state index in [4.69, 9.17) is 37.8 Å². The van der Waals surface area contributed by atoms with Gasteiger partial charge in [-0.3, -0.25) is 10.1 Å². The molecule has 5 nitrogen and oxygen atoms in total. The van der Waals surface area contributed by atoms with E-state index in [9.17, 15) is 4.79 Å². The number of carbonyl (C=O) groups is 1. The molecule has 2 N–H and O–H groups in total. The molecule has 0 unspecified atom stereocenters. The van der Waals surface area contributed by atoms with Gasteiger partial charge >= 0.3 is 5.97 Å². The summed E-state index contributed by atoms with van der Waals surface area (Å²) in [5.74, 6) is 0.644. The molecule has 27 heavy (non-hydrogen) atoms. The largest absolute Gasteiger partial charge is 0.490 e. The molecule has 0 bridgehead atoms. The fourth-order valence-corrected chi connectivity index (χ4v) is 4.30. The topological polar surface area (TPSA) is 67.8 Å². The summed E-state index contributed by atoms with van der Waals surface area (Å²) in [6.07, 6.45) is 0. The Morgan fingerprint density at radius 3 is 2.63 bits per heavy atom. The molecule has 144 valence electrons. The van der Waals surface area contributed by atoms with Gasteiger partial charge < -0.3 is 14.6 Å². The summed E-state index contributed by atoms with van der Waals surface area (Å²) >= 11 is 13.9. The molecule has 0 aromatic heterocycles. The Morgan fingerprint density at radius 1 is 1.26 bits per heavy atom. The summed E-state index contributed by atoms with van der Waals surface area (Å²) in [5, 5.41) is 13.2. The highest BCUT2D eigenvalue weighted by Crippen LogP contribution is 2.42. The summed E-state index contributed by atoms with van der Waals surface area (Å²) in [7, 11) is 0. The highest BCUT2D eigenvalue weighted by Gasteiger charge is 2.31. The van der Waals surface area contributed by atoms with Gasteiger partial charge in [0.1, 0.15) is 12.6 Å². The van der Waals surface area contributed by atoms with Crippen LogP contribution in [-0.4, -0.2) is 29.5 Å². The van der Waals surface area contributed by atoms with Crippen LogP contribution in [0.1, 0.15) is 23.4 Å². The number of ether oxygens (including phenoxy) is 2. The average molecular weight is 428 g/mol. The highest BCUT2D eigenvalue weighted by atomic mass is 35.5. The van der Waals surface area contributed by atoms with Gasteiger partial charge in [-0.15, -0.1) is 11.8 Å². The Labute approximate surface area is 171 Å². The lowest BCUT2D eigenvalue weighted by Gasteiger charge is -2.18. The van der Waals surface area contributed by atoms with Crippen molar-refractivity contribution < 1.29 is 19.4 Å². The maximum Gasteiger partial charge on any atom is 0.321 e. The van der Waals surface area contributed by atoms with E-state index in [1.54, 1.807) is 18.2 Å². The van der Waals surface area contributed by atoms with Gasteiger partial charge in [-0.25, -0.2) is 0 Å². The standard InChI is InChI=1S/C19H19Cl2NO4S/c1-2-25-16-8-12(18-22-15(10-27-18)19(23)24)7-14(21)17(16)26-9-11-3-5-13(20)6-4-11/h3-8,15,18,22H,2,9-10H2,1H3,(H,23,24)/t15-,18-/m0/s1. The van der Waals surface area contributed by atoms with Crippen LogP contribution in [0.2, 0.25) is 10.0 Å². The van der Waals surface area contributed by atoms with E-state index in [0.717, 1.165) is 11.1 Å². The molecule has 0 amide bonds. The third-order valence-corrected chi connectivity index (χ3v) is 5.81. The minimum atomic E-state index is -0.857. The maximum atomic E-state index is 11.2. The van der Waals surface area contributed by atoms with Gasteiger partial charge in [0, 0.05) is 10.8 Å². The van der Waals surface area contributed by atoms with Crippen LogP contribution in [-0.2, 0) is 11.4 Å². The van der Waals surface area contributed by atoms with E-state index in [1.807, 2.05) is 25.1 Å². The van der Waals surface area contributed by atoms with Crippen molar-refractivity contribution in [2.75, 3.05) is 12.4 Å². The number of hydrogen-bond acceptors (Lipinski definition) is 5. The van der Waals surface area contributed by atoms with Crippen LogP contribution in [0.4, 0.5) is 0 Å². The number of carboxylic acid groups (broad SMARTS) is 1.